The number of hydrogen-bond acceptors (Lipinski definition) is 4. The molecule has 0 spiro atoms. The Labute approximate surface area is 167 Å². The number of ether oxygens (including phenoxy) is 1. The van der Waals surface area contributed by atoms with E-state index in [0.29, 0.717) is 16.8 Å². The van der Waals surface area contributed by atoms with Gasteiger partial charge in [-0.05, 0) is 56.3 Å². The number of aromatic nitrogens is 1. The molecule has 0 saturated heterocycles. The smallest absolute Gasteiger partial charge is 0.339 e. The highest BCUT2D eigenvalue weighted by Crippen LogP contribution is 2.23. The van der Waals surface area contributed by atoms with Crippen molar-refractivity contribution < 1.29 is 18.7 Å². The first-order chi connectivity index (χ1) is 13.9. The number of methoxy groups -OCH3 is 1. The molecule has 1 N–H and O–H groups in total. The van der Waals surface area contributed by atoms with Crippen LogP contribution in [0.5, 0.6) is 0 Å². The molecule has 0 aliphatic rings. The zero-order valence-corrected chi connectivity index (χ0v) is 16.3. The molecule has 7 heteroatoms. The highest BCUT2D eigenvalue weighted by Gasteiger charge is 2.17. The van der Waals surface area contributed by atoms with E-state index in [2.05, 4.69) is 10.5 Å². The molecule has 6 nitrogen and oxygen atoms in total. The first kappa shape index (κ1) is 20.0. The minimum Gasteiger partial charge on any atom is -0.465 e. The van der Waals surface area contributed by atoms with Gasteiger partial charge in [0.15, 0.2) is 0 Å². The number of nitrogens with one attached hydrogen (secondary N) is 1. The number of rotatable bonds is 5. The van der Waals surface area contributed by atoms with Gasteiger partial charge in [-0.3, -0.25) is 4.79 Å². The molecule has 0 aliphatic carbocycles. The average molecular weight is 393 g/mol. The van der Waals surface area contributed by atoms with Crippen LogP contribution in [0.4, 0.5) is 4.39 Å². The van der Waals surface area contributed by atoms with Gasteiger partial charge in [0.05, 0.1) is 24.6 Å². The van der Waals surface area contributed by atoms with E-state index < -0.39 is 17.7 Å². The summed E-state index contributed by atoms with van der Waals surface area (Å²) in [5.41, 5.74) is 6.40. The Balaban J connectivity index is 1.85. The van der Waals surface area contributed by atoms with Crippen LogP contribution in [0.2, 0.25) is 0 Å². The van der Waals surface area contributed by atoms with E-state index in [1.165, 1.54) is 37.6 Å². The van der Waals surface area contributed by atoms with Crippen LogP contribution in [-0.2, 0) is 4.74 Å². The van der Waals surface area contributed by atoms with Crippen LogP contribution in [0.15, 0.2) is 59.7 Å². The first-order valence-electron chi connectivity index (χ1n) is 8.88. The number of para-hydroxylation sites is 1. The Hall–Kier alpha value is -3.74. The SMILES string of the molecule is COC(=O)c1ccccc1-n1c(C)cc(/C=N\NC(=O)c2ccc(F)cc2)c1C. The van der Waals surface area contributed by atoms with Crippen LogP contribution >= 0.6 is 0 Å². The fourth-order valence-electron chi connectivity index (χ4n) is 3.07. The molecule has 0 aliphatic heterocycles. The predicted molar refractivity (Wildman–Crippen MR) is 108 cm³/mol. The minimum atomic E-state index is -0.439. The predicted octanol–water partition coefficient (Wildman–Crippen LogP) is 3.78. The van der Waals surface area contributed by atoms with Crippen molar-refractivity contribution in [3.63, 3.8) is 0 Å². The van der Waals surface area contributed by atoms with E-state index in [1.54, 1.807) is 12.1 Å². The number of aryl methyl sites for hydroxylation is 1. The summed E-state index contributed by atoms with van der Waals surface area (Å²) in [4.78, 5) is 24.2. The third kappa shape index (κ3) is 4.24. The van der Waals surface area contributed by atoms with Crippen molar-refractivity contribution in [3.05, 3.63) is 88.5 Å². The summed E-state index contributed by atoms with van der Waals surface area (Å²) in [7, 11) is 1.34. The molecule has 2 aromatic carbocycles. The lowest BCUT2D eigenvalue weighted by atomic mass is 10.1. The summed E-state index contributed by atoms with van der Waals surface area (Å²) < 4.78 is 19.8. The second kappa shape index (κ2) is 8.52. The van der Waals surface area contributed by atoms with Crippen LogP contribution in [0.25, 0.3) is 5.69 Å². The number of hydrazone groups is 1. The Morgan fingerprint density at radius 1 is 1.10 bits per heavy atom. The van der Waals surface area contributed by atoms with E-state index in [9.17, 15) is 14.0 Å². The molecule has 148 valence electrons. The molecular weight excluding hydrogens is 373 g/mol. The van der Waals surface area contributed by atoms with E-state index in [-0.39, 0.29) is 0 Å². The number of amides is 1. The Bertz CT molecular complexity index is 1090. The molecule has 3 rings (SSSR count). The first-order valence-corrected chi connectivity index (χ1v) is 8.88. The molecule has 0 saturated carbocycles. The molecule has 29 heavy (non-hydrogen) atoms. The highest BCUT2D eigenvalue weighted by atomic mass is 19.1. The van der Waals surface area contributed by atoms with Crippen molar-refractivity contribution in [3.8, 4) is 5.69 Å². The van der Waals surface area contributed by atoms with Crippen molar-refractivity contribution in [1.82, 2.24) is 9.99 Å². The summed E-state index contributed by atoms with van der Waals surface area (Å²) in [6.07, 6.45) is 1.53. The maximum atomic E-state index is 13.0. The molecule has 1 heterocycles. The van der Waals surface area contributed by atoms with Crippen LogP contribution in [0.1, 0.15) is 37.7 Å². The lowest BCUT2D eigenvalue weighted by molar-refractivity contribution is 0.0600. The molecule has 0 bridgehead atoms. The Kier molecular flexibility index (Phi) is 5.87. The van der Waals surface area contributed by atoms with Gasteiger partial charge < -0.3 is 9.30 Å². The molecule has 3 aromatic rings. The van der Waals surface area contributed by atoms with Crippen LogP contribution in [-0.4, -0.2) is 29.8 Å². The number of nitrogens with zero attached hydrogens (tertiary/aromatic N) is 2. The van der Waals surface area contributed by atoms with Gasteiger partial charge in [-0.25, -0.2) is 14.6 Å². The topological polar surface area (TPSA) is 72.7 Å². The Morgan fingerprint density at radius 3 is 2.48 bits per heavy atom. The van der Waals surface area contributed by atoms with E-state index in [0.717, 1.165) is 17.0 Å². The van der Waals surface area contributed by atoms with Gasteiger partial charge in [0.25, 0.3) is 5.91 Å². The summed E-state index contributed by atoms with van der Waals surface area (Å²) in [5, 5.41) is 4.00. The van der Waals surface area contributed by atoms with Gasteiger partial charge in [0.2, 0.25) is 0 Å². The fourth-order valence-corrected chi connectivity index (χ4v) is 3.07. The van der Waals surface area contributed by atoms with Crippen molar-refractivity contribution in [2.24, 2.45) is 5.10 Å². The van der Waals surface area contributed by atoms with Crippen LogP contribution in [0.3, 0.4) is 0 Å². The van der Waals surface area contributed by atoms with Crippen molar-refractivity contribution in [1.29, 1.82) is 0 Å². The molecule has 1 amide bonds. The summed E-state index contributed by atoms with van der Waals surface area (Å²) in [6.45, 7) is 3.81. The number of hydrogen-bond donors (Lipinski definition) is 1. The zero-order valence-electron chi connectivity index (χ0n) is 16.3. The summed E-state index contributed by atoms with van der Waals surface area (Å²) >= 11 is 0. The second-order valence-corrected chi connectivity index (χ2v) is 6.38. The van der Waals surface area contributed by atoms with Crippen molar-refractivity contribution in [2.75, 3.05) is 7.11 Å². The van der Waals surface area contributed by atoms with Gasteiger partial charge in [-0.2, -0.15) is 5.10 Å². The maximum Gasteiger partial charge on any atom is 0.339 e. The molecule has 0 unspecified atom stereocenters. The number of carbonyl (C=O) groups excluding carboxylic acids is 2. The molecule has 0 fully saturated rings. The van der Waals surface area contributed by atoms with E-state index in [1.807, 2.05) is 36.6 Å². The van der Waals surface area contributed by atoms with Gasteiger partial charge >= 0.3 is 5.97 Å². The normalized spacial score (nSPS) is 10.9. The monoisotopic (exact) mass is 393 g/mol. The number of carbonyl (C=O) groups is 2. The van der Waals surface area contributed by atoms with Crippen molar-refractivity contribution in [2.45, 2.75) is 13.8 Å². The Morgan fingerprint density at radius 2 is 1.79 bits per heavy atom. The average Bonchev–Trinajstić information content (AvgIpc) is 3.01. The van der Waals surface area contributed by atoms with Gasteiger partial charge in [0.1, 0.15) is 5.82 Å². The highest BCUT2D eigenvalue weighted by molar-refractivity contribution is 5.95. The van der Waals surface area contributed by atoms with Crippen LogP contribution < -0.4 is 5.43 Å². The zero-order chi connectivity index (χ0) is 21.0. The molecule has 1 aromatic heterocycles. The lowest BCUT2D eigenvalue weighted by Crippen LogP contribution is -2.17. The molecule has 0 radical (unpaired) electrons. The van der Waals surface area contributed by atoms with Crippen molar-refractivity contribution >= 4 is 18.1 Å². The van der Waals surface area contributed by atoms with Crippen LogP contribution in [0, 0.1) is 19.7 Å². The standard InChI is InChI=1S/C22H20FN3O3/c1-14-12-17(13-24-25-21(27)16-8-10-18(23)11-9-16)15(2)26(14)20-7-5-4-6-19(20)22(28)29-3/h4-13H,1-3H3,(H,25,27)/b24-13-. The van der Waals surface area contributed by atoms with Gasteiger partial charge in [-0.1, -0.05) is 12.1 Å². The third-order valence-electron chi connectivity index (χ3n) is 4.50. The van der Waals surface area contributed by atoms with E-state index in [4.69, 9.17) is 4.74 Å². The number of esters is 1. The quantitative estimate of drug-likeness (QED) is 0.407. The fraction of sp³-hybridized carbons (Fsp3) is 0.136. The van der Waals surface area contributed by atoms with E-state index >= 15 is 0 Å². The third-order valence-corrected chi connectivity index (χ3v) is 4.50. The lowest BCUT2D eigenvalue weighted by Gasteiger charge is -2.13. The summed E-state index contributed by atoms with van der Waals surface area (Å²) in [5.74, 6) is -1.27. The second-order valence-electron chi connectivity index (χ2n) is 6.38. The maximum absolute atomic E-state index is 13.0. The summed E-state index contributed by atoms with van der Waals surface area (Å²) in [6, 6.07) is 14.3. The minimum absolute atomic E-state index is 0.307. The van der Waals surface area contributed by atoms with Gasteiger partial charge in [0, 0.05) is 22.5 Å². The number of halogens is 1. The largest absolute Gasteiger partial charge is 0.465 e. The van der Waals surface area contributed by atoms with Gasteiger partial charge in [-0.15, -0.1) is 0 Å². The number of benzene rings is 2. The molecule has 0 atom stereocenters. The molecular formula is C22H20FN3O3.